The molecule has 2 amide bonds. The Bertz CT molecular complexity index is 1390. The highest BCUT2D eigenvalue weighted by atomic mass is 32.1. The Labute approximate surface area is 219 Å². The SMILES string of the molecule is CCN(CCN(C)C)c1cc(C(=O)Nc2ccccc2-c2nnc(C(N)=O)s2)nc(-c2ccccc2)n1. The lowest BCUT2D eigenvalue weighted by Crippen LogP contribution is -2.32. The van der Waals surface area contributed by atoms with Gasteiger partial charge in [-0.2, -0.15) is 0 Å². The fourth-order valence-corrected chi connectivity index (χ4v) is 4.32. The van der Waals surface area contributed by atoms with Crippen LogP contribution in [0.4, 0.5) is 11.5 Å². The van der Waals surface area contributed by atoms with Crippen LogP contribution in [0, 0.1) is 0 Å². The van der Waals surface area contributed by atoms with E-state index in [4.69, 9.17) is 10.7 Å². The van der Waals surface area contributed by atoms with Gasteiger partial charge >= 0.3 is 0 Å². The van der Waals surface area contributed by atoms with Gasteiger partial charge in [0.25, 0.3) is 11.8 Å². The van der Waals surface area contributed by atoms with Crippen molar-refractivity contribution >= 4 is 34.7 Å². The molecule has 3 N–H and O–H groups in total. The van der Waals surface area contributed by atoms with E-state index in [1.165, 1.54) is 0 Å². The van der Waals surface area contributed by atoms with Gasteiger partial charge in [-0.3, -0.25) is 9.59 Å². The number of carbonyl (C=O) groups excluding carboxylic acids is 2. The van der Waals surface area contributed by atoms with Crippen LogP contribution in [0.5, 0.6) is 0 Å². The van der Waals surface area contributed by atoms with E-state index in [1.54, 1.807) is 24.3 Å². The number of hydrogen-bond acceptors (Lipinski definition) is 9. The van der Waals surface area contributed by atoms with Crippen molar-refractivity contribution in [3.63, 3.8) is 0 Å². The second-order valence-electron chi connectivity index (χ2n) is 8.46. The number of likely N-dealkylation sites (N-methyl/N-ethyl adjacent to an activating group) is 2. The lowest BCUT2D eigenvalue weighted by atomic mass is 10.1. The van der Waals surface area contributed by atoms with E-state index in [0.29, 0.717) is 27.9 Å². The van der Waals surface area contributed by atoms with Crippen LogP contribution in [0.25, 0.3) is 22.0 Å². The number of aromatic nitrogens is 4. The summed E-state index contributed by atoms with van der Waals surface area (Å²) in [5.41, 5.74) is 7.52. The molecule has 37 heavy (non-hydrogen) atoms. The molecule has 0 saturated carbocycles. The Kier molecular flexibility index (Phi) is 8.16. The van der Waals surface area contributed by atoms with Crippen LogP contribution < -0.4 is 16.0 Å². The number of rotatable bonds is 10. The number of nitrogens with two attached hydrogens (primary N) is 1. The van der Waals surface area contributed by atoms with Crippen LogP contribution in [0.3, 0.4) is 0 Å². The lowest BCUT2D eigenvalue weighted by molar-refractivity contribution is 0.0996. The van der Waals surface area contributed by atoms with E-state index in [2.05, 4.69) is 37.2 Å². The van der Waals surface area contributed by atoms with E-state index >= 15 is 0 Å². The van der Waals surface area contributed by atoms with Crippen LogP contribution in [-0.2, 0) is 0 Å². The number of nitrogens with one attached hydrogen (secondary N) is 1. The first-order valence-electron chi connectivity index (χ1n) is 11.7. The number of hydrogen-bond donors (Lipinski definition) is 2. The van der Waals surface area contributed by atoms with Gasteiger partial charge in [0, 0.05) is 36.8 Å². The maximum Gasteiger partial charge on any atom is 0.279 e. The summed E-state index contributed by atoms with van der Waals surface area (Å²) >= 11 is 1.06. The molecular formula is C26H28N8O2S. The van der Waals surface area contributed by atoms with Crippen LogP contribution in [0.15, 0.2) is 60.7 Å². The molecule has 0 bridgehead atoms. The summed E-state index contributed by atoms with van der Waals surface area (Å²) < 4.78 is 0. The Morgan fingerprint density at radius 1 is 0.973 bits per heavy atom. The molecule has 0 aliphatic heterocycles. The van der Waals surface area contributed by atoms with Gasteiger partial charge in [0.05, 0.1) is 5.69 Å². The van der Waals surface area contributed by atoms with E-state index in [0.717, 1.165) is 36.5 Å². The molecular weight excluding hydrogens is 488 g/mol. The van der Waals surface area contributed by atoms with Crippen LogP contribution >= 0.6 is 11.3 Å². The Morgan fingerprint density at radius 3 is 2.38 bits per heavy atom. The molecule has 0 fully saturated rings. The number of anilines is 2. The van der Waals surface area contributed by atoms with Crippen molar-refractivity contribution in [3.05, 3.63) is 71.4 Å². The molecule has 11 heteroatoms. The molecule has 4 rings (SSSR count). The fraction of sp³-hybridized carbons (Fsp3) is 0.231. The van der Waals surface area contributed by atoms with Gasteiger partial charge in [0.15, 0.2) is 5.82 Å². The first-order chi connectivity index (χ1) is 17.9. The smallest absolute Gasteiger partial charge is 0.279 e. The zero-order chi connectivity index (χ0) is 26.4. The highest BCUT2D eigenvalue weighted by Crippen LogP contribution is 2.31. The van der Waals surface area contributed by atoms with Gasteiger partial charge in [0.1, 0.15) is 16.5 Å². The minimum absolute atomic E-state index is 0.0986. The number of amides is 2. The third kappa shape index (κ3) is 6.32. The molecule has 0 unspecified atom stereocenters. The normalized spacial score (nSPS) is 10.9. The first kappa shape index (κ1) is 25.9. The van der Waals surface area contributed by atoms with E-state index in [-0.39, 0.29) is 10.7 Å². The summed E-state index contributed by atoms with van der Waals surface area (Å²) in [5.74, 6) is 0.0977. The van der Waals surface area contributed by atoms with Crippen LogP contribution in [0.2, 0.25) is 0 Å². The number of para-hydroxylation sites is 1. The van der Waals surface area contributed by atoms with E-state index in [9.17, 15) is 9.59 Å². The standard InChI is InChI=1S/C26H28N8O2S/c1-4-34(15-14-33(2)3)21-16-20(28-23(30-21)17-10-6-5-7-11-17)24(36)29-19-13-9-8-12-18(19)25-31-32-26(37-25)22(27)35/h5-13,16H,4,14-15H2,1-3H3,(H2,27,35)(H,29,36). The number of carbonyl (C=O) groups is 2. The number of nitrogens with zero attached hydrogens (tertiary/aromatic N) is 6. The average molecular weight is 517 g/mol. The van der Waals surface area contributed by atoms with Gasteiger partial charge in [-0.15, -0.1) is 10.2 Å². The monoisotopic (exact) mass is 516 g/mol. The summed E-state index contributed by atoms with van der Waals surface area (Å²) in [7, 11) is 4.04. The van der Waals surface area contributed by atoms with Crippen molar-refractivity contribution in [1.29, 1.82) is 0 Å². The molecule has 2 heterocycles. The summed E-state index contributed by atoms with van der Waals surface area (Å²) in [6, 6.07) is 18.4. The van der Waals surface area contributed by atoms with Gasteiger partial charge < -0.3 is 20.9 Å². The molecule has 2 aromatic heterocycles. The van der Waals surface area contributed by atoms with Gasteiger partial charge in [-0.1, -0.05) is 53.8 Å². The molecule has 190 valence electrons. The zero-order valence-corrected chi connectivity index (χ0v) is 21.7. The predicted octanol–water partition coefficient (Wildman–Crippen LogP) is 3.40. The quantitative estimate of drug-likeness (QED) is 0.328. The van der Waals surface area contributed by atoms with Crippen molar-refractivity contribution in [2.75, 3.05) is 43.9 Å². The first-order valence-corrected chi connectivity index (χ1v) is 12.6. The average Bonchev–Trinajstić information content (AvgIpc) is 3.40. The predicted molar refractivity (Wildman–Crippen MR) is 146 cm³/mol. The summed E-state index contributed by atoms with van der Waals surface area (Å²) in [6.07, 6.45) is 0. The van der Waals surface area contributed by atoms with Crippen LogP contribution in [-0.4, -0.2) is 70.6 Å². The van der Waals surface area contributed by atoms with Gasteiger partial charge in [0.2, 0.25) is 5.01 Å². The molecule has 4 aromatic rings. The number of benzene rings is 2. The molecule has 0 aliphatic rings. The maximum absolute atomic E-state index is 13.5. The van der Waals surface area contributed by atoms with Gasteiger partial charge in [-0.05, 0) is 33.2 Å². The number of primary amides is 1. The van der Waals surface area contributed by atoms with Gasteiger partial charge in [-0.25, -0.2) is 9.97 Å². The minimum Gasteiger partial charge on any atom is -0.363 e. The molecule has 10 nitrogen and oxygen atoms in total. The summed E-state index contributed by atoms with van der Waals surface area (Å²) in [4.78, 5) is 38.6. The molecule has 0 spiro atoms. The Morgan fingerprint density at radius 2 is 1.70 bits per heavy atom. The highest BCUT2D eigenvalue weighted by Gasteiger charge is 2.19. The lowest BCUT2D eigenvalue weighted by Gasteiger charge is -2.24. The van der Waals surface area contributed by atoms with Crippen LogP contribution in [0.1, 0.15) is 27.2 Å². The molecule has 0 radical (unpaired) electrons. The van der Waals surface area contributed by atoms with Crippen molar-refractivity contribution in [2.45, 2.75) is 6.92 Å². The maximum atomic E-state index is 13.5. The second-order valence-corrected chi connectivity index (χ2v) is 9.44. The largest absolute Gasteiger partial charge is 0.363 e. The molecule has 0 aliphatic carbocycles. The second kappa shape index (κ2) is 11.7. The zero-order valence-electron chi connectivity index (χ0n) is 20.9. The summed E-state index contributed by atoms with van der Waals surface area (Å²) in [6.45, 7) is 4.36. The fourth-order valence-electron chi connectivity index (χ4n) is 3.58. The highest BCUT2D eigenvalue weighted by molar-refractivity contribution is 7.16. The van der Waals surface area contributed by atoms with Crippen molar-refractivity contribution in [3.8, 4) is 22.0 Å². The molecule has 0 atom stereocenters. The third-order valence-corrected chi connectivity index (χ3v) is 6.51. The van der Waals surface area contributed by atoms with Crippen molar-refractivity contribution in [1.82, 2.24) is 25.1 Å². The van der Waals surface area contributed by atoms with Crippen molar-refractivity contribution < 1.29 is 9.59 Å². The molecule has 0 saturated heterocycles. The molecule has 2 aromatic carbocycles. The van der Waals surface area contributed by atoms with E-state index < -0.39 is 11.8 Å². The minimum atomic E-state index is -0.651. The van der Waals surface area contributed by atoms with Crippen molar-refractivity contribution in [2.24, 2.45) is 5.73 Å². The topological polar surface area (TPSA) is 130 Å². The Balaban J connectivity index is 1.70. The third-order valence-electron chi connectivity index (χ3n) is 5.54. The Hall–Kier alpha value is -4.22. The van der Waals surface area contributed by atoms with E-state index in [1.807, 2.05) is 50.5 Å². The summed E-state index contributed by atoms with van der Waals surface area (Å²) in [5, 5.41) is 11.4.